The molecule has 1 atom stereocenters. The zero-order valence-corrected chi connectivity index (χ0v) is 15.3. The number of carbonyl (C=O) groups excluding carboxylic acids is 1. The Morgan fingerprint density at radius 1 is 1.00 bits per heavy atom. The molecule has 0 aliphatic rings. The van der Waals surface area contributed by atoms with Crippen LogP contribution in [0.25, 0.3) is 0 Å². The van der Waals surface area contributed by atoms with E-state index in [1.54, 1.807) is 6.08 Å². The first-order valence-corrected chi connectivity index (χ1v) is 9.50. The molecular weight excluding hydrogens is 304 g/mol. The van der Waals surface area contributed by atoms with Crippen LogP contribution in [0.2, 0.25) is 0 Å². The minimum absolute atomic E-state index is 0.0721. The van der Waals surface area contributed by atoms with Gasteiger partial charge in [-0.15, -0.1) is 0 Å². The first kappa shape index (κ1) is 22.6. The van der Waals surface area contributed by atoms with Crippen LogP contribution in [0, 0.1) is 0 Å². The smallest absolute Gasteiger partial charge is 0.320 e. The summed E-state index contributed by atoms with van der Waals surface area (Å²) in [5.74, 6) is -1.04. The van der Waals surface area contributed by atoms with E-state index >= 15 is 0 Å². The van der Waals surface area contributed by atoms with Gasteiger partial charge in [0.2, 0.25) is 5.91 Å². The van der Waals surface area contributed by atoms with Crippen molar-refractivity contribution in [3.63, 3.8) is 0 Å². The predicted molar refractivity (Wildman–Crippen MR) is 98.8 cm³/mol. The summed E-state index contributed by atoms with van der Waals surface area (Å²) in [5.41, 5.74) is 5.41. The summed E-state index contributed by atoms with van der Waals surface area (Å²) in [5, 5.41) is 11.4. The maximum absolute atomic E-state index is 11.6. The first-order valence-electron chi connectivity index (χ1n) is 9.50. The number of nitrogens with one attached hydrogen (secondary N) is 1. The molecular formula is C19H36N2O3. The van der Waals surface area contributed by atoms with Gasteiger partial charge < -0.3 is 16.2 Å². The second-order valence-electron chi connectivity index (χ2n) is 6.40. The number of aliphatic carboxylic acids is 1. The maximum atomic E-state index is 11.6. The molecule has 140 valence electrons. The van der Waals surface area contributed by atoms with E-state index in [0.29, 0.717) is 19.4 Å². The Labute approximate surface area is 147 Å². The van der Waals surface area contributed by atoms with Gasteiger partial charge in [-0.05, 0) is 38.2 Å². The second kappa shape index (κ2) is 16.5. The van der Waals surface area contributed by atoms with Gasteiger partial charge in [0.15, 0.2) is 0 Å². The van der Waals surface area contributed by atoms with Gasteiger partial charge in [0.05, 0.1) is 0 Å². The standard InChI is InChI=1S/C19H36N2O3/c1-2-3-4-5-6-7-8-9-10-11-15-18(22)21-16-13-12-14-17(20)19(23)24/h11,15,17H,2-10,12-14,16,20H2,1H3,(H,21,22)(H,23,24)/b15-11+/t17-/m0/s1. The van der Waals surface area contributed by atoms with Crippen LogP contribution in [0.5, 0.6) is 0 Å². The van der Waals surface area contributed by atoms with Gasteiger partial charge in [-0.3, -0.25) is 9.59 Å². The largest absolute Gasteiger partial charge is 0.480 e. The summed E-state index contributed by atoms with van der Waals surface area (Å²) >= 11 is 0. The SMILES string of the molecule is CCCCCCCCCC/C=C/C(=O)NCCCC[C@H](N)C(=O)O. The van der Waals surface area contributed by atoms with Crippen molar-refractivity contribution in [2.24, 2.45) is 5.73 Å². The van der Waals surface area contributed by atoms with E-state index in [1.807, 2.05) is 6.08 Å². The molecule has 0 aliphatic heterocycles. The molecule has 0 saturated carbocycles. The maximum Gasteiger partial charge on any atom is 0.320 e. The Kier molecular flexibility index (Phi) is 15.6. The van der Waals surface area contributed by atoms with Gasteiger partial charge in [0.25, 0.3) is 0 Å². The molecule has 5 heteroatoms. The molecule has 0 spiro atoms. The molecule has 0 rings (SSSR count). The third kappa shape index (κ3) is 15.5. The molecule has 4 N–H and O–H groups in total. The average molecular weight is 341 g/mol. The highest BCUT2D eigenvalue weighted by molar-refractivity contribution is 5.87. The van der Waals surface area contributed by atoms with Gasteiger partial charge in [-0.25, -0.2) is 0 Å². The summed E-state index contributed by atoms with van der Waals surface area (Å²) < 4.78 is 0. The third-order valence-electron chi connectivity index (χ3n) is 4.05. The van der Waals surface area contributed by atoms with Crippen molar-refractivity contribution >= 4 is 11.9 Å². The van der Waals surface area contributed by atoms with Crippen LogP contribution < -0.4 is 11.1 Å². The van der Waals surface area contributed by atoms with Gasteiger partial charge in [0, 0.05) is 6.54 Å². The molecule has 0 radical (unpaired) electrons. The summed E-state index contributed by atoms with van der Waals surface area (Å²) in [6.07, 6.45) is 16.8. The van der Waals surface area contributed by atoms with Crippen LogP contribution >= 0.6 is 0 Å². The Balaban J connectivity index is 3.38. The fraction of sp³-hybridized carbons (Fsp3) is 0.789. The van der Waals surface area contributed by atoms with E-state index in [1.165, 1.54) is 44.9 Å². The molecule has 0 aromatic carbocycles. The molecule has 0 aromatic rings. The van der Waals surface area contributed by atoms with Gasteiger partial charge in [0.1, 0.15) is 6.04 Å². The summed E-state index contributed by atoms with van der Waals surface area (Å²) in [6, 6.07) is -0.799. The van der Waals surface area contributed by atoms with Crippen LogP contribution in [0.15, 0.2) is 12.2 Å². The highest BCUT2D eigenvalue weighted by Crippen LogP contribution is 2.09. The van der Waals surface area contributed by atoms with Crippen LogP contribution in [0.1, 0.15) is 84.0 Å². The Bertz CT molecular complexity index is 357. The van der Waals surface area contributed by atoms with Gasteiger partial charge in [-0.2, -0.15) is 0 Å². The zero-order valence-electron chi connectivity index (χ0n) is 15.3. The fourth-order valence-electron chi connectivity index (χ4n) is 2.47. The monoisotopic (exact) mass is 340 g/mol. The van der Waals surface area contributed by atoms with Gasteiger partial charge >= 0.3 is 5.97 Å². The number of hydrogen-bond donors (Lipinski definition) is 3. The average Bonchev–Trinajstić information content (AvgIpc) is 2.55. The lowest BCUT2D eigenvalue weighted by Gasteiger charge is -2.06. The van der Waals surface area contributed by atoms with Crippen molar-refractivity contribution in [2.75, 3.05) is 6.54 Å². The lowest BCUT2D eigenvalue weighted by atomic mass is 10.1. The van der Waals surface area contributed by atoms with Crippen molar-refractivity contribution in [2.45, 2.75) is 90.0 Å². The van der Waals surface area contributed by atoms with Gasteiger partial charge in [-0.1, -0.05) is 57.9 Å². The number of rotatable bonds is 16. The number of carbonyl (C=O) groups is 2. The molecule has 0 fully saturated rings. The van der Waals surface area contributed by atoms with E-state index in [2.05, 4.69) is 12.2 Å². The van der Waals surface area contributed by atoms with Crippen LogP contribution in [0.4, 0.5) is 0 Å². The summed E-state index contributed by atoms with van der Waals surface area (Å²) in [6.45, 7) is 2.80. The quantitative estimate of drug-likeness (QED) is 0.294. The topological polar surface area (TPSA) is 92.4 Å². The number of unbranched alkanes of at least 4 members (excludes halogenated alkanes) is 9. The first-order chi connectivity index (χ1) is 11.6. The summed E-state index contributed by atoms with van der Waals surface area (Å²) in [4.78, 5) is 22.1. The van der Waals surface area contributed by atoms with Crippen molar-refractivity contribution in [3.05, 3.63) is 12.2 Å². The van der Waals surface area contributed by atoms with Crippen LogP contribution in [-0.4, -0.2) is 29.6 Å². The number of carboxylic acids is 1. The van der Waals surface area contributed by atoms with Crippen molar-refractivity contribution in [1.29, 1.82) is 0 Å². The lowest BCUT2D eigenvalue weighted by molar-refractivity contribution is -0.138. The van der Waals surface area contributed by atoms with Crippen molar-refractivity contribution in [3.8, 4) is 0 Å². The highest BCUT2D eigenvalue weighted by atomic mass is 16.4. The minimum atomic E-state index is -0.970. The number of amides is 1. The molecule has 5 nitrogen and oxygen atoms in total. The Morgan fingerprint density at radius 2 is 1.62 bits per heavy atom. The second-order valence-corrected chi connectivity index (χ2v) is 6.40. The van der Waals surface area contributed by atoms with E-state index in [0.717, 1.165) is 19.3 Å². The van der Waals surface area contributed by atoms with E-state index in [9.17, 15) is 9.59 Å². The van der Waals surface area contributed by atoms with Crippen LogP contribution in [0.3, 0.4) is 0 Å². The van der Waals surface area contributed by atoms with E-state index in [-0.39, 0.29) is 5.91 Å². The molecule has 24 heavy (non-hydrogen) atoms. The molecule has 1 amide bonds. The van der Waals surface area contributed by atoms with Crippen molar-refractivity contribution < 1.29 is 14.7 Å². The molecule has 0 bridgehead atoms. The highest BCUT2D eigenvalue weighted by Gasteiger charge is 2.09. The Morgan fingerprint density at radius 3 is 2.25 bits per heavy atom. The number of nitrogens with two attached hydrogens (primary N) is 1. The lowest BCUT2D eigenvalue weighted by Crippen LogP contribution is -2.30. The molecule has 0 aromatic heterocycles. The normalized spacial score (nSPS) is 12.4. The fourth-order valence-corrected chi connectivity index (χ4v) is 2.47. The molecule has 0 saturated heterocycles. The molecule has 0 unspecified atom stereocenters. The number of allylic oxidation sites excluding steroid dienone is 1. The number of carboxylic acid groups (broad SMARTS) is 1. The zero-order chi connectivity index (χ0) is 18.0. The predicted octanol–water partition coefficient (Wildman–Crippen LogP) is 3.77. The van der Waals surface area contributed by atoms with E-state index in [4.69, 9.17) is 10.8 Å². The molecule has 0 heterocycles. The summed E-state index contributed by atoms with van der Waals surface area (Å²) in [7, 11) is 0. The van der Waals surface area contributed by atoms with Crippen molar-refractivity contribution in [1.82, 2.24) is 5.32 Å². The minimum Gasteiger partial charge on any atom is -0.480 e. The number of hydrogen-bond acceptors (Lipinski definition) is 3. The van der Waals surface area contributed by atoms with Crippen LogP contribution in [-0.2, 0) is 9.59 Å². The Hall–Kier alpha value is -1.36. The van der Waals surface area contributed by atoms with E-state index < -0.39 is 12.0 Å². The third-order valence-corrected chi connectivity index (χ3v) is 4.05. The molecule has 0 aliphatic carbocycles.